The molecule has 0 bridgehead atoms. The molecule has 2 heterocycles. The van der Waals surface area contributed by atoms with Crippen LogP contribution in [-0.2, 0) is 6.42 Å². The fourth-order valence-electron chi connectivity index (χ4n) is 3.79. The monoisotopic (exact) mass is 432 g/mol. The standard InChI is InChI=1S/C24H25FN6O/c1-14-4-9-19(25)23-22(14)18(15(2)30-23)10-11-27-20-12-21(29-13-28-20)31-17-7-5-16(6-8-17)24(32)26-3/h4-9,12-13,30H,10-11H2,1-3H3,(H,26,32)(H2,27,28,29,31). The number of hydrogen-bond acceptors (Lipinski definition) is 5. The summed E-state index contributed by atoms with van der Waals surface area (Å²) in [4.78, 5) is 23.4. The molecule has 0 saturated carbocycles. The van der Waals surface area contributed by atoms with Gasteiger partial charge in [-0.2, -0.15) is 0 Å². The summed E-state index contributed by atoms with van der Waals surface area (Å²) in [6.07, 6.45) is 2.21. The maximum absolute atomic E-state index is 14.2. The third-order valence-electron chi connectivity index (χ3n) is 5.42. The van der Waals surface area contributed by atoms with Crippen molar-refractivity contribution < 1.29 is 9.18 Å². The number of rotatable bonds is 7. The summed E-state index contributed by atoms with van der Waals surface area (Å²) in [5, 5.41) is 10.1. The quantitative estimate of drug-likeness (QED) is 0.346. The lowest BCUT2D eigenvalue weighted by atomic mass is 10.0. The number of aromatic nitrogens is 3. The molecular formula is C24H25FN6O. The molecule has 0 spiro atoms. The average Bonchev–Trinajstić information content (AvgIpc) is 3.14. The third-order valence-corrected chi connectivity index (χ3v) is 5.42. The number of fused-ring (bicyclic) bond motifs is 1. The topological polar surface area (TPSA) is 94.7 Å². The Morgan fingerprint density at radius 2 is 1.81 bits per heavy atom. The zero-order chi connectivity index (χ0) is 22.7. The maximum atomic E-state index is 14.2. The molecule has 0 fully saturated rings. The molecule has 0 aliphatic rings. The van der Waals surface area contributed by atoms with Crippen LogP contribution in [0.1, 0.15) is 27.2 Å². The minimum absolute atomic E-state index is 0.131. The van der Waals surface area contributed by atoms with Gasteiger partial charge >= 0.3 is 0 Å². The molecule has 0 radical (unpaired) electrons. The normalized spacial score (nSPS) is 10.9. The molecule has 0 unspecified atom stereocenters. The first kappa shape index (κ1) is 21.3. The Morgan fingerprint density at radius 1 is 1.06 bits per heavy atom. The van der Waals surface area contributed by atoms with Gasteiger partial charge in [-0.25, -0.2) is 14.4 Å². The van der Waals surface area contributed by atoms with Crippen LogP contribution in [0.2, 0.25) is 0 Å². The van der Waals surface area contributed by atoms with Crippen molar-refractivity contribution in [1.82, 2.24) is 20.3 Å². The van der Waals surface area contributed by atoms with Crippen LogP contribution >= 0.6 is 0 Å². The summed E-state index contributed by atoms with van der Waals surface area (Å²) in [5.74, 6) is 0.956. The minimum atomic E-state index is -0.234. The van der Waals surface area contributed by atoms with E-state index in [-0.39, 0.29) is 11.7 Å². The van der Waals surface area contributed by atoms with E-state index in [9.17, 15) is 9.18 Å². The van der Waals surface area contributed by atoms with Crippen molar-refractivity contribution in [2.24, 2.45) is 0 Å². The number of carbonyl (C=O) groups excluding carboxylic acids is 1. The Balaban J connectivity index is 1.42. The Bertz CT molecular complexity index is 1270. The highest BCUT2D eigenvalue weighted by atomic mass is 19.1. The van der Waals surface area contributed by atoms with E-state index < -0.39 is 0 Å². The molecule has 1 amide bonds. The first-order chi connectivity index (χ1) is 15.5. The minimum Gasteiger partial charge on any atom is -0.370 e. The van der Waals surface area contributed by atoms with Gasteiger partial charge in [0, 0.05) is 42.0 Å². The fourth-order valence-corrected chi connectivity index (χ4v) is 3.79. The van der Waals surface area contributed by atoms with E-state index in [1.165, 1.54) is 12.4 Å². The van der Waals surface area contributed by atoms with Gasteiger partial charge in [0.15, 0.2) is 0 Å². The molecule has 2 aromatic carbocycles. The van der Waals surface area contributed by atoms with E-state index in [0.29, 0.717) is 29.3 Å². The molecule has 8 heteroatoms. The first-order valence-corrected chi connectivity index (χ1v) is 10.4. The highest BCUT2D eigenvalue weighted by Crippen LogP contribution is 2.28. The van der Waals surface area contributed by atoms with Crippen LogP contribution in [0.15, 0.2) is 48.8 Å². The lowest BCUT2D eigenvalue weighted by Gasteiger charge is -2.10. The molecule has 164 valence electrons. The van der Waals surface area contributed by atoms with Crippen LogP contribution in [-0.4, -0.2) is 34.5 Å². The molecular weight excluding hydrogens is 407 g/mol. The van der Waals surface area contributed by atoms with Crippen LogP contribution < -0.4 is 16.0 Å². The molecule has 7 nitrogen and oxygen atoms in total. The number of carbonyl (C=O) groups is 1. The van der Waals surface area contributed by atoms with Crippen molar-refractivity contribution in [3.05, 3.63) is 77.0 Å². The smallest absolute Gasteiger partial charge is 0.251 e. The number of amides is 1. The summed E-state index contributed by atoms with van der Waals surface area (Å²) in [6.45, 7) is 4.60. The third kappa shape index (κ3) is 4.39. The second kappa shape index (κ2) is 9.05. The second-order valence-corrected chi connectivity index (χ2v) is 7.59. The predicted molar refractivity (Wildman–Crippen MR) is 125 cm³/mol. The Labute approximate surface area is 185 Å². The van der Waals surface area contributed by atoms with Crippen LogP contribution in [0.3, 0.4) is 0 Å². The number of halogens is 1. The van der Waals surface area contributed by atoms with Gasteiger partial charge in [0.1, 0.15) is 23.8 Å². The highest BCUT2D eigenvalue weighted by Gasteiger charge is 2.13. The number of aromatic amines is 1. The summed E-state index contributed by atoms with van der Waals surface area (Å²) in [6, 6.07) is 12.3. The van der Waals surface area contributed by atoms with Crippen LogP contribution in [0.4, 0.5) is 21.7 Å². The van der Waals surface area contributed by atoms with E-state index in [1.807, 2.05) is 38.1 Å². The SMILES string of the molecule is CNC(=O)c1ccc(Nc2cc(NCCc3c(C)[nH]c4c(F)ccc(C)c34)ncn2)cc1. The molecule has 4 rings (SSSR count). The Morgan fingerprint density at radius 3 is 2.56 bits per heavy atom. The number of H-pyrrole nitrogens is 1. The Hall–Kier alpha value is -3.94. The van der Waals surface area contributed by atoms with E-state index in [1.54, 1.807) is 19.2 Å². The van der Waals surface area contributed by atoms with Crippen LogP contribution in [0.5, 0.6) is 0 Å². The first-order valence-electron chi connectivity index (χ1n) is 10.4. The predicted octanol–water partition coefficient (Wildman–Crippen LogP) is 4.47. The van der Waals surface area contributed by atoms with Crippen molar-refractivity contribution in [3.63, 3.8) is 0 Å². The van der Waals surface area contributed by atoms with Gasteiger partial charge in [-0.1, -0.05) is 6.07 Å². The van der Waals surface area contributed by atoms with Crippen LogP contribution in [0, 0.1) is 19.7 Å². The number of benzene rings is 2. The fraction of sp³-hybridized carbons (Fsp3) is 0.208. The van der Waals surface area contributed by atoms with Gasteiger partial charge in [0.25, 0.3) is 5.91 Å². The molecule has 0 atom stereocenters. The van der Waals surface area contributed by atoms with Crippen molar-refractivity contribution >= 4 is 34.1 Å². The van der Waals surface area contributed by atoms with Crippen molar-refractivity contribution in [1.29, 1.82) is 0 Å². The number of anilines is 3. The molecule has 0 saturated heterocycles. The molecule has 0 aliphatic carbocycles. The second-order valence-electron chi connectivity index (χ2n) is 7.59. The lowest BCUT2D eigenvalue weighted by Crippen LogP contribution is -2.17. The van der Waals surface area contributed by atoms with E-state index in [4.69, 9.17) is 0 Å². The average molecular weight is 433 g/mol. The zero-order valence-electron chi connectivity index (χ0n) is 18.2. The number of hydrogen-bond donors (Lipinski definition) is 4. The zero-order valence-corrected chi connectivity index (χ0v) is 18.2. The van der Waals surface area contributed by atoms with Gasteiger partial charge in [-0.05, 0) is 61.7 Å². The molecule has 32 heavy (non-hydrogen) atoms. The molecule has 0 aliphatic heterocycles. The van der Waals surface area contributed by atoms with Gasteiger partial charge in [0.2, 0.25) is 0 Å². The lowest BCUT2D eigenvalue weighted by molar-refractivity contribution is 0.0963. The van der Waals surface area contributed by atoms with Gasteiger partial charge in [-0.3, -0.25) is 4.79 Å². The molecule has 2 aromatic heterocycles. The van der Waals surface area contributed by atoms with Gasteiger partial charge in [0.05, 0.1) is 5.52 Å². The van der Waals surface area contributed by atoms with Crippen molar-refractivity contribution in [2.75, 3.05) is 24.2 Å². The van der Waals surface area contributed by atoms with E-state index in [0.717, 1.165) is 34.3 Å². The van der Waals surface area contributed by atoms with Gasteiger partial charge in [-0.15, -0.1) is 0 Å². The Kier molecular flexibility index (Phi) is 6.02. The van der Waals surface area contributed by atoms with E-state index in [2.05, 4.69) is 30.9 Å². The molecule has 4 aromatic rings. The molecule has 4 N–H and O–H groups in total. The number of aryl methyl sites for hydroxylation is 2. The maximum Gasteiger partial charge on any atom is 0.251 e. The number of nitrogens with one attached hydrogen (secondary N) is 4. The highest BCUT2D eigenvalue weighted by molar-refractivity contribution is 5.94. The summed E-state index contributed by atoms with van der Waals surface area (Å²) in [7, 11) is 1.60. The van der Waals surface area contributed by atoms with Gasteiger partial charge < -0.3 is 20.9 Å². The van der Waals surface area contributed by atoms with Crippen molar-refractivity contribution in [3.8, 4) is 0 Å². The van der Waals surface area contributed by atoms with Crippen molar-refractivity contribution in [2.45, 2.75) is 20.3 Å². The van der Waals surface area contributed by atoms with E-state index >= 15 is 0 Å². The largest absolute Gasteiger partial charge is 0.370 e. The van der Waals surface area contributed by atoms with Crippen LogP contribution in [0.25, 0.3) is 10.9 Å². The summed E-state index contributed by atoms with van der Waals surface area (Å²) < 4.78 is 14.2. The number of nitrogens with zero attached hydrogens (tertiary/aromatic N) is 2. The summed E-state index contributed by atoms with van der Waals surface area (Å²) >= 11 is 0. The summed E-state index contributed by atoms with van der Waals surface area (Å²) in [5.41, 5.74) is 5.10.